The minimum Gasteiger partial charge on any atom is -0.426 e. The number of nitrogens with one attached hydrogen (secondary N) is 2. The van der Waals surface area contributed by atoms with Crippen LogP contribution in [0.15, 0.2) is 53.7 Å². The van der Waals surface area contributed by atoms with E-state index in [-0.39, 0.29) is 31.1 Å². The highest BCUT2D eigenvalue weighted by Gasteiger charge is 2.49. The van der Waals surface area contributed by atoms with Crippen molar-refractivity contribution >= 4 is 24.6 Å². The lowest BCUT2D eigenvalue weighted by Gasteiger charge is -2.29. The zero-order valence-electron chi connectivity index (χ0n) is 21.7. The summed E-state index contributed by atoms with van der Waals surface area (Å²) in [6, 6.07) is 13.8. The van der Waals surface area contributed by atoms with Crippen LogP contribution < -0.4 is 10.6 Å². The van der Waals surface area contributed by atoms with E-state index in [1.807, 2.05) is 44.2 Å². The molecule has 37 heavy (non-hydrogen) atoms. The molecule has 0 saturated carbocycles. The molecule has 198 valence electrons. The van der Waals surface area contributed by atoms with Crippen LogP contribution in [0.25, 0.3) is 0 Å². The van der Waals surface area contributed by atoms with E-state index < -0.39 is 36.5 Å². The standard InChI is InChI=1S/C26H35BN4O6/c1-17(2)13-23(27(34)35)30-25(33)26(14-19-10-6-5-7-11-19)15-21(31-37-26)22(16-36-4)29-24(32)20-12-8-9-18(3)28-20/h5-12,17,22-23,34-35H,13-16H2,1-4H3,(H,29,32)(H,30,33). The Morgan fingerprint density at radius 3 is 2.49 bits per heavy atom. The number of carbonyl (C=O) groups excluding carboxylic acids is 2. The molecule has 1 aliphatic rings. The second kappa shape index (κ2) is 12.8. The maximum absolute atomic E-state index is 13.6. The first-order chi connectivity index (χ1) is 17.6. The Hall–Kier alpha value is -3.28. The van der Waals surface area contributed by atoms with Crippen molar-refractivity contribution in [3.05, 3.63) is 65.5 Å². The lowest BCUT2D eigenvalue weighted by molar-refractivity contribution is -0.144. The van der Waals surface area contributed by atoms with Gasteiger partial charge in [0.25, 0.3) is 11.8 Å². The molecule has 2 heterocycles. The Morgan fingerprint density at radius 2 is 1.86 bits per heavy atom. The number of hydrogen-bond acceptors (Lipinski definition) is 8. The Labute approximate surface area is 217 Å². The fraction of sp³-hybridized carbons (Fsp3) is 0.462. The predicted molar refractivity (Wildman–Crippen MR) is 140 cm³/mol. The van der Waals surface area contributed by atoms with Crippen molar-refractivity contribution in [2.45, 2.75) is 57.6 Å². The molecule has 0 saturated heterocycles. The van der Waals surface area contributed by atoms with Crippen LogP contribution in [0.1, 0.15) is 48.4 Å². The minimum atomic E-state index is -1.73. The van der Waals surface area contributed by atoms with Gasteiger partial charge in [0, 0.05) is 25.6 Å². The molecule has 0 bridgehead atoms. The summed E-state index contributed by atoms with van der Waals surface area (Å²) in [6.07, 6.45) is 0.624. The first-order valence-electron chi connectivity index (χ1n) is 12.3. The van der Waals surface area contributed by atoms with Crippen LogP contribution in [0.5, 0.6) is 0 Å². The summed E-state index contributed by atoms with van der Waals surface area (Å²) in [6.45, 7) is 5.75. The molecule has 1 aromatic heterocycles. The van der Waals surface area contributed by atoms with E-state index >= 15 is 0 Å². The number of aromatic nitrogens is 1. The summed E-state index contributed by atoms with van der Waals surface area (Å²) >= 11 is 0. The zero-order valence-corrected chi connectivity index (χ0v) is 21.7. The zero-order chi connectivity index (χ0) is 27.0. The van der Waals surface area contributed by atoms with Crippen molar-refractivity contribution < 1.29 is 29.2 Å². The van der Waals surface area contributed by atoms with Crippen molar-refractivity contribution in [3.8, 4) is 0 Å². The van der Waals surface area contributed by atoms with Gasteiger partial charge in [-0.15, -0.1) is 0 Å². The second-order valence-corrected chi connectivity index (χ2v) is 9.78. The quantitative estimate of drug-likeness (QED) is 0.317. The Morgan fingerprint density at radius 1 is 1.14 bits per heavy atom. The van der Waals surface area contributed by atoms with Crippen LogP contribution in [0.3, 0.4) is 0 Å². The molecular formula is C26H35BN4O6. The van der Waals surface area contributed by atoms with Crippen molar-refractivity contribution in [2.24, 2.45) is 11.1 Å². The number of carbonyl (C=O) groups is 2. The Kier molecular flexibility index (Phi) is 9.79. The molecule has 1 aromatic carbocycles. The molecule has 3 atom stereocenters. The average molecular weight is 510 g/mol. The van der Waals surface area contributed by atoms with Gasteiger partial charge in [0.2, 0.25) is 5.60 Å². The number of aryl methyl sites for hydroxylation is 1. The predicted octanol–water partition coefficient (Wildman–Crippen LogP) is 1.44. The van der Waals surface area contributed by atoms with E-state index in [0.717, 1.165) is 5.56 Å². The van der Waals surface area contributed by atoms with E-state index in [4.69, 9.17) is 9.57 Å². The third-order valence-electron chi connectivity index (χ3n) is 6.11. The van der Waals surface area contributed by atoms with E-state index in [9.17, 15) is 19.6 Å². The maximum atomic E-state index is 13.6. The van der Waals surface area contributed by atoms with Gasteiger partial charge in [-0.1, -0.05) is 55.4 Å². The summed E-state index contributed by atoms with van der Waals surface area (Å²) in [5.74, 6) is -1.68. The van der Waals surface area contributed by atoms with E-state index in [1.165, 1.54) is 7.11 Å². The van der Waals surface area contributed by atoms with Gasteiger partial charge in [0.15, 0.2) is 0 Å². The fourth-order valence-corrected chi connectivity index (χ4v) is 4.26. The number of amides is 2. The third-order valence-corrected chi connectivity index (χ3v) is 6.11. The first kappa shape index (κ1) is 28.3. The van der Waals surface area contributed by atoms with Crippen LogP contribution in [0, 0.1) is 12.8 Å². The van der Waals surface area contributed by atoms with Crippen molar-refractivity contribution in [1.29, 1.82) is 0 Å². The number of nitrogens with zero attached hydrogens (tertiary/aromatic N) is 2. The Balaban J connectivity index is 1.84. The smallest absolute Gasteiger partial charge is 0.426 e. The molecule has 4 N–H and O–H groups in total. The number of pyridine rings is 1. The lowest BCUT2D eigenvalue weighted by atomic mass is 9.74. The Bertz CT molecular complexity index is 1100. The summed E-state index contributed by atoms with van der Waals surface area (Å²) < 4.78 is 5.33. The van der Waals surface area contributed by atoms with E-state index in [0.29, 0.717) is 17.8 Å². The van der Waals surface area contributed by atoms with Gasteiger partial charge in [0.05, 0.1) is 24.3 Å². The number of oxime groups is 1. The van der Waals surface area contributed by atoms with Crippen LogP contribution in [-0.4, -0.2) is 71.0 Å². The lowest BCUT2D eigenvalue weighted by Crippen LogP contribution is -2.56. The molecule has 10 nitrogen and oxygen atoms in total. The number of methoxy groups -OCH3 is 1. The number of benzene rings is 1. The maximum Gasteiger partial charge on any atom is 0.475 e. The summed E-state index contributed by atoms with van der Waals surface area (Å²) in [4.78, 5) is 36.6. The molecule has 3 rings (SSSR count). The summed E-state index contributed by atoms with van der Waals surface area (Å²) in [7, 11) is -0.229. The highest BCUT2D eigenvalue weighted by atomic mass is 16.7. The van der Waals surface area contributed by atoms with Crippen LogP contribution in [-0.2, 0) is 20.8 Å². The molecule has 2 amide bonds. The van der Waals surface area contributed by atoms with Gasteiger partial charge in [-0.25, -0.2) is 4.98 Å². The van der Waals surface area contributed by atoms with Gasteiger partial charge < -0.3 is 30.3 Å². The normalized spacial score (nSPS) is 18.5. The highest BCUT2D eigenvalue weighted by Crippen LogP contribution is 2.30. The monoisotopic (exact) mass is 510 g/mol. The van der Waals surface area contributed by atoms with E-state index in [2.05, 4.69) is 20.8 Å². The van der Waals surface area contributed by atoms with Gasteiger partial charge in [-0.2, -0.15) is 0 Å². The van der Waals surface area contributed by atoms with Crippen molar-refractivity contribution in [2.75, 3.05) is 13.7 Å². The molecule has 0 fully saturated rings. The molecule has 1 aliphatic heterocycles. The molecule has 0 aliphatic carbocycles. The number of hydrogen-bond donors (Lipinski definition) is 4. The molecule has 2 aromatic rings. The SMILES string of the molecule is COCC(NC(=O)c1cccc(C)n1)C1=NOC(Cc2ccccc2)(C(=O)NC(CC(C)C)B(O)O)C1. The second-order valence-electron chi connectivity index (χ2n) is 9.78. The number of ether oxygens (including phenoxy) is 1. The largest absolute Gasteiger partial charge is 0.475 e. The van der Waals surface area contributed by atoms with Gasteiger partial charge >= 0.3 is 7.12 Å². The molecule has 3 unspecified atom stereocenters. The highest BCUT2D eigenvalue weighted by molar-refractivity contribution is 6.43. The van der Waals surface area contributed by atoms with Gasteiger partial charge in [-0.05, 0) is 37.0 Å². The topological polar surface area (TPSA) is 142 Å². The van der Waals surface area contributed by atoms with E-state index in [1.54, 1.807) is 25.1 Å². The molecule has 0 spiro atoms. The molecule has 0 radical (unpaired) electrons. The van der Waals surface area contributed by atoms with Gasteiger partial charge in [-0.3, -0.25) is 9.59 Å². The van der Waals surface area contributed by atoms with Gasteiger partial charge in [0.1, 0.15) is 5.69 Å². The van der Waals surface area contributed by atoms with Crippen LogP contribution in [0.4, 0.5) is 0 Å². The molecule has 11 heteroatoms. The van der Waals surface area contributed by atoms with Crippen molar-refractivity contribution in [1.82, 2.24) is 15.6 Å². The summed E-state index contributed by atoms with van der Waals surface area (Å²) in [5, 5.41) is 29.6. The average Bonchev–Trinajstić information content (AvgIpc) is 3.28. The van der Waals surface area contributed by atoms with Crippen LogP contribution >= 0.6 is 0 Å². The minimum absolute atomic E-state index is 0.0687. The van der Waals surface area contributed by atoms with Crippen LogP contribution in [0.2, 0.25) is 0 Å². The number of rotatable bonds is 12. The third kappa shape index (κ3) is 7.61. The first-order valence-corrected chi connectivity index (χ1v) is 12.3. The molecular weight excluding hydrogens is 475 g/mol. The fourth-order valence-electron chi connectivity index (χ4n) is 4.26. The van der Waals surface area contributed by atoms with Crippen molar-refractivity contribution in [3.63, 3.8) is 0 Å². The summed E-state index contributed by atoms with van der Waals surface area (Å²) in [5.41, 5.74) is 0.786.